The molecule has 0 bridgehead atoms. The van der Waals surface area contributed by atoms with Crippen LogP contribution in [0.15, 0.2) is 36.4 Å². The normalized spacial score (nSPS) is 22.9. The number of anilines is 1. The van der Waals surface area contributed by atoms with Crippen LogP contribution in [-0.4, -0.2) is 40.1 Å². The molecule has 2 fully saturated rings. The van der Waals surface area contributed by atoms with Gasteiger partial charge in [-0.1, -0.05) is 34.8 Å². The smallest absolute Gasteiger partial charge is 0.255 e. The minimum atomic E-state index is -2.76. The van der Waals surface area contributed by atoms with E-state index in [0.29, 0.717) is 21.3 Å². The second-order valence-electron chi connectivity index (χ2n) is 8.35. The molecule has 33 heavy (non-hydrogen) atoms. The van der Waals surface area contributed by atoms with Crippen LogP contribution in [0.1, 0.15) is 34.7 Å². The van der Waals surface area contributed by atoms with E-state index < -0.39 is 52.8 Å². The summed E-state index contributed by atoms with van der Waals surface area (Å²) >= 11 is 31.0. The maximum Gasteiger partial charge on any atom is 0.255 e. The van der Waals surface area contributed by atoms with Gasteiger partial charge in [-0.05, 0) is 42.0 Å². The molecule has 2 aromatic rings. The number of rotatable bonds is 5. The van der Waals surface area contributed by atoms with Gasteiger partial charge in [-0.25, -0.2) is 8.78 Å². The molecule has 11 heteroatoms. The van der Waals surface area contributed by atoms with E-state index in [1.807, 2.05) is 0 Å². The van der Waals surface area contributed by atoms with Crippen LogP contribution >= 0.6 is 58.0 Å². The minimum absolute atomic E-state index is 0.0872. The molecule has 2 atom stereocenters. The molecule has 2 aliphatic rings. The fourth-order valence-corrected chi connectivity index (χ4v) is 5.64. The highest BCUT2D eigenvalue weighted by atomic mass is 35.5. The van der Waals surface area contributed by atoms with Crippen molar-refractivity contribution >= 4 is 75.5 Å². The predicted molar refractivity (Wildman–Crippen MR) is 127 cm³/mol. The quantitative estimate of drug-likeness (QED) is 0.402. The molecule has 0 heterocycles. The number of nitrogens with zero attached hydrogens (tertiary/aromatic N) is 1. The maximum absolute atomic E-state index is 13.2. The summed E-state index contributed by atoms with van der Waals surface area (Å²) in [6.07, 6.45) is -0.791. The zero-order chi connectivity index (χ0) is 24.3. The van der Waals surface area contributed by atoms with Crippen LogP contribution in [0.2, 0.25) is 15.1 Å². The SMILES string of the molecule is CN(C(=O)c1cc(NC(=O)[C@@H]2[C@@H](c3cc(Cl)cc(Cl)c3)C2(Cl)Cl)ccc1Cl)C1CC(F)(F)C1. The lowest BCUT2D eigenvalue weighted by molar-refractivity contribution is -0.117. The third kappa shape index (κ3) is 4.92. The van der Waals surface area contributed by atoms with Crippen molar-refractivity contribution in [3.63, 3.8) is 0 Å². The first-order valence-corrected chi connectivity index (χ1v) is 11.8. The lowest BCUT2D eigenvalue weighted by Gasteiger charge is -2.40. The summed E-state index contributed by atoms with van der Waals surface area (Å²) in [6, 6.07) is 8.63. The van der Waals surface area contributed by atoms with Crippen LogP contribution in [0.3, 0.4) is 0 Å². The highest BCUT2D eigenvalue weighted by molar-refractivity contribution is 6.53. The van der Waals surface area contributed by atoms with Crippen molar-refractivity contribution in [3.8, 4) is 0 Å². The number of carbonyl (C=O) groups is 2. The van der Waals surface area contributed by atoms with E-state index in [4.69, 9.17) is 58.0 Å². The number of hydrogen-bond acceptors (Lipinski definition) is 2. The van der Waals surface area contributed by atoms with Gasteiger partial charge in [0.1, 0.15) is 4.33 Å². The Morgan fingerprint density at radius 3 is 2.21 bits per heavy atom. The lowest BCUT2D eigenvalue weighted by atomic mass is 9.87. The van der Waals surface area contributed by atoms with E-state index in [-0.39, 0.29) is 10.6 Å². The molecular formula is C22H17Cl5F2N2O2. The van der Waals surface area contributed by atoms with Crippen LogP contribution < -0.4 is 5.32 Å². The van der Waals surface area contributed by atoms with Gasteiger partial charge in [0.05, 0.1) is 16.5 Å². The van der Waals surface area contributed by atoms with Crippen molar-refractivity contribution < 1.29 is 18.4 Å². The third-order valence-corrected chi connectivity index (χ3v) is 7.69. The molecule has 0 unspecified atom stereocenters. The number of alkyl halides is 4. The number of carbonyl (C=O) groups excluding carboxylic acids is 2. The third-order valence-electron chi connectivity index (χ3n) is 5.98. The van der Waals surface area contributed by atoms with Crippen molar-refractivity contribution in [3.05, 3.63) is 62.6 Å². The molecule has 176 valence electrons. The molecule has 0 aromatic heterocycles. The fourth-order valence-electron chi connectivity index (χ4n) is 4.07. The number of amides is 2. The molecule has 1 N–H and O–H groups in total. The average molecular weight is 557 g/mol. The Hall–Kier alpha value is -1.31. The number of hydrogen-bond donors (Lipinski definition) is 1. The Morgan fingerprint density at radius 2 is 1.64 bits per heavy atom. The molecule has 0 radical (unpaired) electrons. The van der Waals surface area contributed by atoms with Gasteiger partial charge in [0.25, 0.3) is 11.8 Å². The van der Waals surface area contributed by atoms with Crippen LogP contribution in [0, 0.1) is 5.92 Å². The summed E-state index contributed by atoms with van der Waals surface area (Å²) in [4.78, 5) is 27.0. The van der Waals surface area contributed by atoms with Gasteiger partial charge in [0.2, 0.25) is 5.91 Å². The van der Waals surface area contributed by atoms with Crippen LogP contribution in [0.25, 0.3) is 0 Å². The summed E-state index contributed by atoms with van der Waals surface area (Å²) in [5, 5.41) is 3.62. The number of halogens is 7. The van der Waals surface area contributed by atoms with E-state index in [0.717, 1.165) is 0 Å². The van der Waals surface area contributed by atoms with Crippen molar-refractivity contribution in [2.24, 2.45) is 5.92 Å². The first-order valence-electron chi connectivity index (χ1n) is 9.89. The minimum Gasteiger partial charge on any atom is -0.338 e. The Bertz CT molecular complexity index is 1120. The fraction of sp³-hybridized carbons (Fsp3) is 0.364. The Morgan fingerprint density at radius 1 is 1.03 bits per heavy atom. The maximum atomic E-state index is 13.2. The molecule has 0 saturated heterocycles. The monoisotopic (exact) mass is 554 g/mol. The van der Waals surface area contributed by atoms with Gasteiger partial charge in [0, 0.05) is 47.6 Å². The number of benzene rings is 2. The topological polar surface area (TPSA) is 49.4 Å². The highest BCUT2D eigenvalue weighted by Gasteiger charge is 2.67. The zero-order valence-corrected chi connectivity index (χ0v) is 20.8. The van der Waals surface area contributed by atoms with E-state index in [1.165, 1.54) is 30.1 Å². The molecular weight excluding hydrogens is 540 g/mol. The van der Waals surface area contributed by atoms with Crippen LogP contribution in [0.5, 0.6) is 0 Å². The summed E-state index contributed by atoms with van der Waals surface area (Å²) in [7, 11) is 1.45. The van der Waals surface area contributed by atoms with Crippen LogP contribution in [-0.2, 0) is 4.79 Å². The zero-order valence-electron chi connectivity index (χ0n) is 17.0. The summed E-state index contributed by atoms with van der Waals surface area (Å²) < 4.78 is 25.0. The number of nitrogens with one attached hydrogen (secondary N) is 1. The first kappa shape index (κ1) is 24.8. The molecule has 2 amide bonds. The van der Waals surface area contributed by atoms with Crippen molar-refractivity contribution in [1.82, 2.24) is 4.90 Å². The second kappa shape index (κ2) is 8.72. The largest absolute Gasteiger partial charge is 0.338 e. The van der Waals surface area contributed by atoms with Gasteiger partial charge in [-0.3, -0.25) is 9.59 Å². The van der Waals surface area contributed by atoms with Gasteiger partial charge in [-0.15, -0.1) is 23.2 Å². The molecule has 2 saturated carbocycles. The van der Waals surface area contributed by atoms with Gasteiger partial charge in [-0.2, -0.15) is 0 Å². The second-order valence-corrected chi connectivity index (χ2v) is 11.1. The highest BCUT2D eigenvalue weighted by Crippen LogP contribution is 2.65. The predicted octanol–water partition coefficient (Wildman–Crippen LogP) is 7.04. The lowest BCUT2D eigenvalue weighted by Crippen LogP contribution is -2.51. The molecule has 2 aliphatic carbocycles. The van der Waals surface area contributed by atoms with Gasteiger partial charge in [0.15, 0.2) is 0 Å². The van der Waals surface area contributed by atoms with Gasteiger partial charge < -0.3 is 10.2 Å². The van der Waals surface area contributed by atoms with E-state index >= 15 is 0 Å². The van der Waals surface area contributed by atoms with E-state index in [9.17, 15) is 18.4 Å². The first-order chi connectivity index (χ1) is 15.3. The van der Waals surface area contributed by atoms with Crippen LogP contribution in [0.4, 0.5) is 14.5 Å². The Labute approximate surface area is 214 Å². The Kier molecular flexibility index (Phi) is 6.56. The van der Waals surface area contributed by atoms with Crippen molar-refractivity contribution in [2.75, 3.05) is 12.4 Å². The molecule has 4 nitrogen and oxygen atoms in total. The van der Waals surface area contributed by atoms with Crippen molar-refractivity contribution in [2.45, 2.75) is 35.1 Å². The summed E-state index contributed by atoms with van der Waals surface area (Å²) in [6.45, 7) is 0. The van der Waals surface area contributed by atoms with E-state index in [1.54, 1.807) is 18.2 Å². The van der Waals surface area contributed by atoms with Gasteiger partial charge >= 0.3 is 0 Å². The van der Waals surface area contributed by atoms with E-state index in [2.05, 4.69) is 5.32 Å². The molecule has 0 aliphatic heterocycles. The molecule has 0 spiro atoms. The molecule has 2 aromatic carbocycles. The summed E-state index contributed by atoms with van der Waals surface area (Å²) in [5.74, 6) is -5.06. The standard InChI is InChI=1S/C22H17Cl5F2N2O2/c1-31(14-8-21(28,29)9-14)20(33)15-7-13(2-3-16(15)25)30-19(32)18-17(22(18,26)27)10-4-11(23)6-12(24)5-10/h2-7,14,17-18H,8-9H2,1H3,(H,30,32)/t17-,18+/m1/s1. The Balaban J connectivity index is 1.49. The molecule has 4 rings (SSSR count). The average Bonchev–Trinajstić information content (AvgIpc) is 3.28. The summed E-state index contributed by atoms with van der Waals surface area (Å²) in [5.41, 5.74) is 1.01. The van der Waals surface area contributed by atoms with Crippen molar-refractivity contribution in [1.29, 1.82) is 0 Å².